The number of anilines is 1. The second-order valence-corrected chi connectivity index (χ2v) is 5.80. The molecule has 2 aromatic rings. The molecule has 0 spiro atoms. The molecule has 1 aliphatic heterocycles. The third-order valence-electron chi connectivity index (χ3n) is 3.73. The third-order valence-corrected chi connectivity index (χ3v) is 3.73. The minimum absolute atomic E-state index is 0.162. The second-order valence-electron chi connectivity index (χ2n) is 5.80. The molecule has 108 valence electrons. The van der Waals surface area contributed by atoms with Crippen molar-refractivity contribution in [3.8, 4) is 0 Å². The maximum Gasteiger partial charge on any atom is 0.329 e. The molecule has 21 heavy (non-hydrogen) atoms. The van der Waals surface area contributed by atoms with Gasteiger partial charge in [-0.2, -0.15) is 0 Å². The highest BCUT2D eigenvalue weighted by Gasteiger charge is 2.39. The van der Waals surface area contributed by atoms with Crippen LogP contribution in [-0.4, -0.2) is 18.0 Å². The Kier molecular flexibility index (Phi) is 3.37. The van der Waals surface area contributed by atoms with Crippen LogP contribution >= 0.6 is 0 Å². The number of fused-ring (bicyclic) bond motifs is 1. The number of nitrogens with zero attached hydrogens (tertiary/aromatic N) is 1. The van der Waals surface area contributed by atoms with E-state index in [4.69, 9.17) is 0 Å². The number of amides is 3. The smallest absolute Gasteiger partial charge is 0.325 e. The molecule has 3 rings (SSSR count). The fraction of sp³-hybridized carbons (Fsp3) is 0.294. The van der Waals surface area contributed by atoms with E-state index in [2.05, 4.69) is 5.32 Å². The molecule has 0 saturated carbocycles. The predicted octanol–water partition coefficient (Wildman–Crippen LogP) is 3.31. The van der Waals surface area contributed by atoms with Gasteiger partial charge in [-0.3, -0.25) is 4.79 Å². The average Bonchev–Trinajstić information content (AvgIpc) is 2.72. The van der Waals surface area contributed by atoms with E-state index in [1.54, 1.807) is 0 Å². The second kappa shape index (κ2) is 5.20. The lowest BCUT2D eigenvalue weighted by atomic mass is 10.0. The van der Waals surface area contributed by atoms with Crippen molar-refractivity contribution in [1.29, 1.82) is 0 Å². The summed E-state index contributed by atoms with van der Waals surface area (Å²) in [5.74, 6) is 0.191. The van der Waals surface area contributed by atoms with Gasteiger partial charge in [-0.25, -0.2) is 9.69 Å². The van der Waals surface area contributed by atoms with Gasteiger partial charge in [-0.05, 0) is 23.8 Å². The van der Waals surface area contributed by atoms with E-state index in [0.717, 1.165) is 10.8 Å². The van der Waals surface area contributed by atoms with Gasteiger partial charge in [0.1, 0.15) is 6.04 Å². The normalized spacial score (nSPS) is 18.6. The van der Waals surface area contributed by atoms with Crippen LogP contribution in [0.4, 0.5) is 10.5 Å². The molecule has 3 amide bonds. The molecule has 0 bridgehead atoms. The fourth-order valence-electron chi connectivity index (χ4n) is 2.79. The van der Waals surface area contributed by atoms with Crippen LogP contribution < -0.4 is 10.2 Å². The lowest BCUT2D eigenvalue weighted by Gasteiger charge is -2.16. The van der Waals surface area contributed by atoms with E-state index >= 15 is 0 Å². The zero-order chi connectivity index (χ0) is 15.0. The summed E-state index contributed by atoms with van der Waals surface area (Å²) in [6.45, 7) is 4.08. The minimum Gasteiger partial charge on any atom is -0.325 e. The Morgan fingerprint density at radius 1 is 1.10 bits per heavy atom. The van der Waals surface area contributed by atoms with Crippen molar-refractivity contribution < 1.29 is 9.59 Å². The van der Waals surface area contributed by atoms with E-state index in [9.17, 15) is 9.59 Å². The third kappa shape index (κ3) is 2.37. The molecular weight excluding hydrogens is 264 g/mol. The van der Waals surface area contributed by atoms with Crippen molar-refractivity contribution in [1.82, 2.24) is 5.32 Å². The van der Waals surface area contributed by atoms with Crippen molar-refractivity contribution >= 4 is 28.4 Å². The van der Waals surface area contributed by atoms with Gasteiger partial charge in [0.2, 0.25) is 0 Å². The maximum atomic E-state index is 12.5. The summed E-state index contributed by atoms with van der Waals surface area (Å²) >= 11 is 0. The maximum absolute atomic E-state index is 12.5. The van der Waals surface area contributed by atoms with Gasteiger partial charge in [-0.15, -0.1) is 0 Å². The van der Waals surface area contributed by atoms with E-state index in [1.165, 1.54) is 4.90 Å². The van der Waals surface area contributed by atoms with Crippen molar-refractivity contribution in [3.05, 3.63) is 42.5 Å². The molecule has 1 atom stereocenters. The highest BCUT2D eigenvalue weighted by Crippen LogP contribution is 2.29. The molecule has 1 N–H and O–H groups in total. The van der Waals surface area contributed by atoms with E-state index in [0.29, 0.717) is 18.0 Å². The van der Waals surface area contributed by atoms with Gasteiger partial charge in [-0.1, -0.05) is 50.2 Å². The average molecular weight is 282 g/mol. The summed E-state index contributed by atoms with van der Waals surface area (Å²) in [6, 6.07) is 12.7. The molecule has 1 aliphatic rings. The van der Waals surface area contributed by atoms with Gasteiger partial charge in [0, 0.05) is 5.39 Å². The van der Waals surface area contributed by atoms with Gasteiger partial charge >= 0.3 is 6.03 Å². The number of urea groups is 1. The van der Waals surface area contributed by atoms with Crippen LogP contribution in [-0.2, 0) is 4.79 Å². The monoisotopic (exact) mass is 282 g/mol. The molecule has 0 aliphatic carbocycles. The molecule has 1 saturated heterocycles. The quantitative estimate of drug-likeness (QED) is 0.878. The number of benzene rings is 2. The first-order valence-electron chi connectivity index (χ1n) is 7.20. The first-order valence-corrected chi connectivity index (χ1v) is 7.20. The van der Waals surface area contributed by atoms with E-state index in [-0.39, 0.29) is 11.9 Å². The molecule has 1 heterocycles. The number of hydrogen-bond donors (Lipinski definition) is 1. The lowest BCUT2D eigenvalue weighted by molar-refractivity contribution is -0.118. The van der Waals surface area contributed by atoms with Gasteiger partial charge in [0.05, 0.1) is 5.69 Å². The zero-order valence-electron chi connectivity index (χ0n) is 12.2. The Labute approximate surface area is 123 Å². The Balaban J connectivity index is 2.03. The predicted molar refractivity (Wildman–Crippen MR) is 83.2 cm³/mol. The summed E-state index contributed by atoms with van der Waals surface area (Å²) in [5, 5.41) is 4.71. The molecule has 4 nitrogen and oxygen atoms in total. The zero-order valence-corrected chi connectivity index (χ0v) is 12.2. The molecule has 0 radical (unpaired) electrons. The fourth-order valence-corrected chi connectivity index (χ4v) is 2.79. The molecule has 4 heteroatoms. The number of hydrogen-bond acceptors (Lipinski definition) is 2. The van der Waals surface area contributed by atoms with Crippen molar-refractivity contribution in [3.63, 3.8) is 0 Å². The summed E-state index contributed by atoms with van der Waals surface area (Å²) in [6.07, 6.45) is 0.659. The van der Waals surface area contributed by atoms with Crippen molar-refractivity contribution in [2.24, 2.45) is 5.92 Å². The molecular formula is C17H18N2O2. The van der Waals surface area contributed by atoms with Gasteiger partial charge in [0.15, 0.2) is 0 Å². The van der Waals surface area contributed by atoms with Crippen molar-refractivity contribution in [2.75, 3.05) is 4.90 Å². The Morgan fingerprint density at radius 2 is 1.81 bits per heavy atom. The number of rotatable bonds is 3. The molecule has 0 unspecified atom stereocenters. The van der Waals surface area contributed by atoms with Crippen LogP contribution in [0, 0.1) is 5.92 Å². The molecule has 1 fully saturated rings. The SMILES string of the molecule is CC(C)C[C@H]1NC(=O)N(c2cccc3ccccc23)C1=O. The number of imide groups is 1. The molecule has 0 aromatic heterocycles. The van der Waals surface area contributed by atoms with Crippen molar-refractivity contribution in [2.45, 2.75) is 26.3 Å². The van der Waals surface area contributed by atoms with Crippen LogP contribution in [0.2, 0.25) is 0 Å². The summed E-state index contributed by atoms with van der Waals surface area (Å²) in [5.41, 5.74) is 0.654. The number of carbonyl (C=O) groups is 2. The first kappa shape index (κ1) is 13.6. The minimum atomic E-state index is -0.420. The lowest BCUT2D eigenvalue weighted by Crippen LogP contribution is -2.32. The van der Waals surface area contributed by atoms with Crippen LogP contribution in [0.5, 0.6) is 0 Å². The number of nitrogens with one attached hydrogen (secondary N) is 1. The number of carbonyl (C=O) groups excluding carboxylic acids is 2. The Bertz CT molecular complexity index is 704. The van der Waals surface area contributed by atoms with Crippen LogP contribution in [0.1, 0.15) is 20.3 Å². The summed E-state index contributed by atoms with van der Waals surface area (Å²) in [4.78, 5) is 26.0. The summed E-state index contributed by atoms with van der Waals surface area (Å²) in [7, 11) is 0. The van der Waals surface area contributed by atoms with Gasteiger partial charge in [0.25, 0.3) is 5.91 Å². The van der Waals surface area contributed by atoms with Gasteiger partial charge < -0.3 is 5.32 Å². The summed E-state index contributed by atoms with van der Waals surface area (Å²) < 4.78 is 0. The highest BCUT2D eigenvalue weighted by molar-refractivity contribution is 6.24. The highest BCUT2D eigenvalue weighted by atomic mass is 16.2. The Morgan fingerprint density at radius 3 is 2.57 bits per heavy atom. The van der Waals surface area contributed by atoms with Crippen LogP contribution in [0.15, 0.2) is 42.5 Å². The van der Waals surface area contributed by atoms with Crippen LogP contribution in [0.25, 0.3) is 10.8 Å². The van der Waals surface area contributed by atoms with Crippen LogP contribution in [0.3, 0.4) is 0 Å². The topological polar surface area (TPSA) is 49.4 Å². The Hall–Kier alpha value is -2.36. The largest absolute Gasteiger partial charge is 0.329 e. The standard InChI is InChI=1S/C17H18N2O2/c1-11(2)10-14-16(20)19(17(21)18-14)15-9-5-7-12-6-3-4-8-13(12)15/h3-9,11,14H,10H2,1-2H3,(H,18,21)/t14-/m1/s1. The first-order chi connectivity index (χ1) is 10.1. The molecule has 2 aromatic carbocycles. The van der Waals surface area contributed by atoms with E-state index < -0.39 is 6.04 Å². The van der Waals surface area contributed by atoms with E-state index in [1.807, 2.05) is 56.3 Å².